The predicted octanol–water partition coefficient (Wildman–Crippen LogP) is 0.349. The summed E-state index contributed by atoms with van der Waals surface area (Å²) in [4.78, 5) is 15.3. The third-order valence-corrected chi connectivity index (χ3v) is 2.62. The molecule has 0 aliphatic heterocycles. The van der Waals surface area contributed by atoms with Crippen LogP contribution in [0.15, 0.2) is 0 Å². The molecule has 2 N–H and O–H groups in total. The first kappa shape index (κ1) is 15.2. The van der Waals surface area contributed by atoms with Gasteiger partial charge in [0.15, 0.2) is 0 Å². The number of urea groups is 1. The molecular weight excluding hydrogens is 206 g/mol. The highest BCUT2D eigenvalue weighted by atomic mass is 16.3. The minimum atomic E-state index is -0.152. The van der Waals surface area contributed by atoms with Crippen molar-refractivity contribution in [1.82, 2.24) is 15.1 Å². The van der Waals surface area contributed by atoms with E-state index < -0.39 is 0 Å². The third-order valence-electron chi connectivity index (χ3n) is 2.62. The zero-order valence-electron chi connectivity index (χ0n) is 11.0. The van der Waals surface area contributed by atoms with Gasteiger partial charge >= 0.3 is 6.03 Å². The average Bonchev–Trinajstić information content (AvgIpc) is 2.24. The lowest BCUT2D eigenvalue weighted by Gasteiger charge is -2.26. The Morgan fingerprint density at radius 1 is 1.31 bits per heavy atom. The van der Waals surface area contributed by atoms with Gasteiger partial charge in [0.25, 0.3) is 0 Å². The first-order chi connectivity index (χ1) is 7.38. The van der Waals surface area contributed by atoms with Crippen LogP contribution < -0.4 is 5.32 Å². The number of nitrogens with zero attached hydrogens (tertiary/aromatic N) is 2. The molecule has 5 heteroatoms. The van der Waals surface area contributed by atoms with E-state index in [0.717, 1.165) is 13.0 Å². The van der Waals surface area contributed by atoms with Crippen LogP contribution in [0.2, 0.25) is 0 Å². The number of hydrogen-bond acceptors (Lipinski definition) is 3. The Bertz CT molecular complexity index is 209. The highest BCUT2D eigenvalue weighted by Gasteiger charge is 2.16. The number of aliphatic hydroxyl groups excluding tert-OH is 1. The predicted molar refractivity (Wildman–Crippen MR) is 65.5 cm³/mol. The Morgan fingerprint density at radius 2 is 1.88 bits per heavy atom. The molecule has 0 aliphatic rings. The largest absolute Gasteiger partial charge is 0.394 e. The minimum Gasteiger partial charge on any atom is -0.394 e. The molecule has 0 fully saturated rings. The zero-order valence-corrected chi connectivity index (χ0v) is 11.0. The van der Waals surface area contributed by atoms with Crippen molar-refractivity contribution in [2.75, 3.05) is 34.3 Å². The molecule has 2 unspecified atom stereocenters. The van der Waals surface area contributed by atoms with E-state index in [1.807, 2.05) is 27.9 Å². The van der Waals surface area contributed by atoms with E-state index in [2.05, 4.69) is 10.2 Å². The highest BCUT2D eigenvalue weighted by Crippen LogP contribution is 1.98. The first-order valence-corrected chi connectivity index (χ1v) is 5.67. The maximum absolute atomic E-state index is 11.7. The summed E-state index contributed by atoms with van der Waals surface area (Å²) in [7, 11) is 5.71. The number of rotatable bonds is 6. The van der Waals surface area contributed by atoms with Crippen molar-refractivity contribution in [2.45, 2.75) is 32.4 Å². The Morgan fingerprint density at radius 3 is 2.31 bits per heavy atom. The molecule has 0 spiro atoms. The van der Waals surface area contributed by atoms with Crippen molar-refractivity contribution in [3.8, 4) is 0 Å². The van der Waals surface area contributed by atoms with Crippen molar-refractivity contribution in [3.05, 3.63) is 0 Å². The average molecular weight is 231 g/mol. The molecule has 0 aromatic carbocycles. The highest BCUT2D eigenvalue weighted by molar-refractivity contribution is 5.74. The topological polar surface area (TPSA) is 55.8 Å². The summed E-state index contributed by atoms with van der Waals surface area (Å²) in [5.41, 5.74) is 0. The van der Waals surface area contributed by atoms with E-state index >= 15 is 0 Å². The Hall–Kier alpha value is -0.810. The van der Waals surface area contributed by atoms with Gasteiger partial charge in [0, 0.05) is 13.1 Å². The van der Waals surface area contributed by atoms with Gasteiger partial charge in [-0.15, -0.1) is 0 Å². The Balaban J connectivity index is 3.94. The quantitative estimate of drug-likeness (QED) is 0.693. The van der Waals surface area contributed by atoms with Gasteiger partial charge in [-0.2, -0.15) is 0 Å². The molecule has 0 heterocycles. The lowest BCUT2D eigenvalue weighted by Crippen LogP contribution is -2.47. The molecule has 96 valence electrons. The second-order valence-electron chi connectivity index (χ2n) is 4.58. The van der Waals surface area contributed by atoms with Gasteiger partial charge < -0.3 is 20.2 Å². The lowest BCUT2D eigenvalue weighted by atomic mass is 10.2. The van der Waals surface area contributed by atoms with Crippen LogP contribution in [0.3, 0.4) is 0 Å². The summed E-state index contributed by atoms with van der Waals surface area (Å²) in [6, 6.07) is -0.142. The number of amides is 2. The van der Waals surface area contributed by atoms with Crippen LogP contribution >= 0.6 is 0 Å². The van der Waals surface area contributed by atoms with E-state index in [9.17, 15) is 4.79 Å². The van der Waals surface area contributed by atoms with Gasteiger partial charge in [0.1, 0.15) is 0 Å². The van der Waals surface area contributed by atoms with Crippen LogP contribution in [0.5, 0.6) is 0 Å². The Kier molecular flexibility index (Phi) is 7.08. The van der Waals surface area contributed by atoms with Gasteiger partial charge in [-0.1, -0.05) is 0 Å². The number of aliphatic hydroxyl groups is 1. The molecule has 0 radical (unpaired) electrons. The van der Waals surface area contributed by atoms with Gasteiger partial charge in [0.2, 0.25) is 0 Å². The van der Waals surface area contributed by atoms with Crippen LogP contribution in [0.4, 0.5) is 4.79 Å². The third kappa shape index (κ3) is 5.92. The molecule has 0 aliphatic carbocycles. The maximum atomic E-state index is 11.7. The summed E-state index contributed by atoms with van der Waals surface area (Å²) in [6.45, 7) is 4.72. The maximum Gasteiger partial charge on any atom is 0.317 e. The molecule has 0 saturated carbocycles. The molecule has 16 heavy (non-hydrogen) atoms. The monoisotopic (exact) mass is 231 g/mol. The summed E-state index contributed by atoms with van der Waals surface area (Å²) < 4.78 is 0. The summed E-state index contributed by atoms with van der Waals surface area (Å²) >= 11 is 0. The number of likely N-dealkylation sites (N-methyl/N-ethyl adjacent to an activating group) is 1. The molecule has 0 aromatic rings. The van der Waals surface area contributed by atoms with Crippen molar-refractivity contribution < 1.29 is 9.90 Å². The van der Waals surface area contributed by atoms with Gasteiger partial charge in [0.05, 0.1) is 12.6 Å². The van der Waals surface area contributed by atoms with E-state index in [-0.39, 0.29) is 24.7 Å². The standard InChI is InChI=1S/C11H25N3O2/c1-9(6-7-13(3)4)12-11(16)14(5)10(2)8-15/h9-10,15H,6-8H2,1-5H3,(H,12,16). The van der Waals surface area contributed by atoms with E-state index in [1.165, 1.54) is 4.90 Å². The van der Waals surface area contributed by atoms with Crippen molar-refractivity contribution in [3.63, 3.8) is 0 Å². The second kappa shape index (κ2) is 7.46. The van der Waals surface area contributed by atoms with Crippen molar-refractivity contribution >= 4 is 6.03 Å². The lowest BCUT2D eigenvalue weighted by molar-refractivity contribution is 0.154. The molecule has 2 amide bonds. The summed E-state index contributed by atoms with van der Waals surface area (Å²) in [5.74, 6) is 0. The fourth-order valence-corrected chi connectivity index (χ4v) is 1.16. The number of carbonyl (C=O) groups excluding carboxylic acids is 1. The zero-order chi connectivity index (χ0) is 12.7. The number of hydrogen-bond donors (Lipinski definition) is 2. The van der Waals surface area contributed by atoms with E-state index in [0.29, 0.717) is 0 Å². The molecule has 5 nitrogen and oxygen atoms in total. The molecule has 2 atom stereocenters. The molecule has 0 saturated heterocycles. The van der Waals surface area contributed by atoms with Gasteiger partial charge in [-0.05, 0) is 40.9 Å². The van der Waals surface area contributed by atoms with Crippen LogP contribution in [0.25, 0.3) is 0 Å². The molecule has 0 rings (SSSR count). The molecule has 0 aromatic heterocycles. The molecule has 0 bridgehead atoms. The smallest absolute Gasteiger partial charge is 0.317 e. The Labute approximate surface area is 98.4 Å². The summed E-state index contributed by atoms with van der Waals surface area (Å²) in [5, 5.41) is 11.8. The number of carbonyl (C=O) groups is 1. The van der Waals surface area contributed by atoms with E-state index in [4.69, 9.17) is 5.11 Å². The van der Waals surface area contributed by atoms with Gasteiger partial charge in [-0.25, -0.2) is 4.79 Å². The van der Waals surface area contributed by atoms with Crippen molar-refractivity contribution in [2.24, 2.45) is 0 Å². The fraction of sp³-hybridized carbons (Fsp3) is 0.909. The molecular formula is C11H25N3O2. The van der Waals surface area contributed by atoms with Crippen LogP contribution in [-0.2, 0) is 0 Å². The second-order valence-corrected chi connectivity index (χ2v) is 4.58. The van der Waals surface area contributed by atoms with Crippen molar-refractivity contribution in [1.29, 1.82) is 0 Å². The van der Waals surface area contributed by atoms with Crippen LogP contribution in [0, 0.1) is 0 Å². The minimum absolute atomic E-state index is 0.0179. The normalized spacial score (nSPS) is 14.7. The fourth-order valence-electron chi connectivity index (χ4n) is 1.16. The summed E-state index contributed by atoms with van der Waals surface area (Å²) in [6.07, 6.45) is 0.917. The van der Waals surface area contributed by atoms with Gasteiger partial charge in [-0.3, -0.25) is 0 Å². The van der Waals surface area contributed by atoms with Crippen LogP contribution in [-0.4, -0.2) is 67.3 Å². The van der Waals surface area contributed by atoms with Crippen LogP contribution in [0.1, 0.15) is 20.3 Å². The van der Waals surface area contributed by atoms with E-state index in [1.54, 1.807) is 7.05 Å². The first-order valence-electron chi connectivity index (χ1n) is 5.67. The SMILES string of the molecule is CC(CCN(C)C)NC(=O)N(C)C(C)CO. The number of nitrogens with one attached hydrogen (secondary N) is 1.